The highest BCUT2D eigenvalue weighted by Crippen LogP contribution is 2.58. The standard InChI is InChI=1S/C19H29N5O2P/c1-16-19(17(2)24(21-16)18-6-4-3-5-7-18)27(20,22-8-12-25-13-9-22)23-10-14-26-15-11-23/h3-7H,8-15,20H2,1-2H3/q+1. The van der Waals surface area contributed by atoms with Crippen molar-refractivity contribution in [2.45, 2.75) is 13.8 Å². The van der Waals surface area contributed by atoms with E-state index in [0.717, 1.165) is 69.7 Å². The zero-order valence-electron chi connectivity index (χ0n) is 16.2. The van der Waals surface area contributed by atoms with Gasteiger partial charge in [-0.25, -0.2) is 4.68 Å². The summed E-state index contributed by atoms with van der Waals surface area (Å²) < 4.78 is 18.2. The first-order valence-corrected chi connectivity index (χ1v) is 11.3. The van der Waals surface area contributed by atoms with Gasteiger partial charge in [0.25, 0.3) is 7.71 Å². The molecule has 0 spiro atoms. The highest BCUT2D eigenvalue weighted by molar-refractivity contribution is 7.76. The number of nitrogens with zero attached hydrogens (tertiary/aromatic N) is 4. The Morgan fingerprint density at radius 1 is 0.889 bits per heavy atom. The van der Waals surface area contributed by atoms with Gasteiger partial charge in [-0.05, 0) is 26.0 Å². The van der Waals surface area contributed by atoms with Crippen LogP contribution in [-0.2, 0) is 9.47 Å². The highest BCUT2D eigenvalue weighted by Gasteiger charge is 2.54. The number of aromatic nitrogens is 2. The van der Waals surface area contributed by atoms with E-state index in [1.54, 1.807) is 0 Å². The summed E-state index contributed by atoms with van der Waals surface area (Å²) in [5.74, 6) is 0. The molecule has 2 saturated heterocycles. The molecule has 0 radical (unpaired) electrons. The molecule has 1 aromatic carbocycles. The fourth-order valence-corrected chi connectivity index (χ4v) is 7.67. The molecule has 2 N–H and O–H groups in total. The lowest BCUT2D eigenvalue weighted by atomic mass is 10.3. The molecule has 0 atom stereocenters. The fourth-order valence-electron chi connectivity index (χ4n) is 4.11. The largest absolute Gasteiger partial charge is 0.378 e. The molecular weight excluding hydrogens is 361 g/mol. The van der Waals surface area contributed by atoms with Crippen LogP contribution >= 0.6 is 7.71 Å². The zero-order valence-corrected chi connectivity index (χ0v) is 17.1. The second-order valence-corrected chi connectivity index (χ2v) is 9.93. The molecule has 0 bridgehead atoms. The Kier molecular flexibility index (Phi) is 5.60. The van der Waals surface area contributed by atoms with Crippen molar-refractivity contribution in [3.8, 4) is 5.69 Å². The molecule has 7 nitrogen and oxygen atoms in total. The molecule has 3 heterocycles. The molecule has 2 aliphatic heterocycles. The summed E-state index contributed by atoms with van der Waals surface area (Å²) in [6.07, 6.45) is 0. The maximum atomic E-state index is 7.36. The Hall–Kier alpha value is -1.34. The van der Waals surface area contributed by atoms with E-state index in [0.29, 0.717) is 0 Å². The Bertz CT molecular complexity index is 752. The summed E-state index contributed by atoms with van der Waals surface area (Å²) in [5, 5.41) is 6.09. The summed E-state index contributed by atoms with van der Waals surface area (Å²) in [6, 6.07) is 10.3. The van der Waals surface area contributed by atoms with Crippen LogP contribution in [0, 0.1) is 13.8 Å². The lowest BCUT2D eigenvalue weighted by molar-refractivity contribution is 0.0564. The fraction of sp³-hybridized carbons (Fsp3) is 0.526. The van der Waals surface area contributed by atoms with E-state index in [4.69, 9.17) is 20.1 Å². The number of aryl methyl sites for hydroxylation is 1. The minimum atomic E-state index is -2.22. The van der Waals surface area contributed by atoms with Crippen LogP contribution in [0.1, 0.15) is 11.4 Å². The maximum absolute atomic E-state index is 7.36. The Morgan fingerprint density at radius 3 is 1.93 bits per heavy atom. The Labute approximate surface area is 161 Å². The van der Waals surface area contributed by atoms with Crippen LogP contribution in [0.2, 0.25) is 0 Å². The van der Waals surface area contributed by atoms with E-state index in [1.165, 1.54) is 5.30 Å². The van der Waals surface area contributed by atoms with Crippen molar-refractivity contribution in [1.82, 2.24) is 19.1 Å². The Balaban J connectivity index is 1.81. The average Bonchev–Trinajstić information content (AvgIpc) is 3.04. The minimum Gasteiger partial charge on any atom is -0.378 e. The molecule has 2 aliphatic rings. The Morgan fingerprint density at radius 2 is 1.41 bits per heavy atom. The van der Waals surface area contributed by atoms with Crippen LogP contribution in [-0.4, -0.2) is 71.7 Å². The van der Waals surface area contributed by atoms with Crippen LogP contribution in [0.25, 0.3) is 5.69 Å². The van der Waals surface area contributed by atoms with Crippen molar-refractivity contribution < 1.29 is 9.47 Å². The molecule has 2 aromatic rings. The maximum Gasteiger partial charge on any atom is 0.261 e. The molecule has 27 heavy (non-hydrogen) atoms. The molecule has 0 aliphatic carbocycles. The second kappa shape index (κ2) is 7.95. The monoisotopic (exact) mass is 390 g/mol. The van der Waals surface area contributed by atoms with E-state index in [2.05, 4.69) is 35.3 Å². The minimum absolute atomic E-state index is 0.730. The van der Waals surface area contributed by atoms with Crippen molar-refractivity contribution in [3.05, 3.63) is 41.7 Å². The molecule has 8 heteroatoms. The number of hydrogen-bond donors (Lipinski definition) is 1. The van der Waals surface area contributed by atoms with Crippen molar-refractivity contribution in [1.29, 1.82) is 0 Å². The second-order valence-electron chi connectivity index (χ2n) is 7.05. The van der Waals surface area contributed by atoms with Crippen LogP contribution < -0.4 is 10.8 Å². The number of morpholine rings is 2. The van der Waals surface area contributed by atoms with Gasteiger partial charge in [0.05, 0.1) is 64.0 Å². The number of rotatable bonds is 4. The molecule has 146 valence electrons. The third kappa shape index (κ3) is 3.44. The molecule has 2 fully saturated rings. The van der Waals surface area contributed by atoms with Gasteiger partial charge in [-0.3, -0.25) is 0 Å². The van der Waals surface area contributed by atoms with E-state index >= 15 is 0 Å². The number of benzene rings is 1. The van der Waals surface area contributed by atoms with E-state index < -0.39 is 7.71 Å². The summed E-state index contributed by atoms with van der Waals surface area (Å²) in [5.41, 5.74) is 10.6. The first kappa shape index (κ1) is 19.0. The molecular formula is C19H29N5O2P+. The summed E-state index contributed by atoms with van der Waals surface area (Å²) in [6.45, 7) is 10.6. The van der Waals surface area contributed by atoms with Crippen LogP contribution in [0.5, 0.6) is 0 Å². The van der Waals surface area contributed by atoms with Gasteiger partial charge in [0.2, 0.25) is 0 Å². The normalized spacial score (nSPS) is 20.1. The third-order valence-corrected chi connectivity index (χ3v) is 9.25. The number of ether oxygens (including phenoxy) is 2. The first-order valence-electron chi connectivity index (χ1n) is 9.58. The van der Waals surface area contributed by atoms with Gasteiger partial charge in [-0.15, -0.1) is 9.34 Å². The lowest BCUT2D eigenvalue weighted by Crippen LogP contribution is -2.53. The lowest BCUT2D eigenvalue weighted by Gasteiger charge is -2.42. The quantitative estimate of drug-likeness (QED) is 0.798. The zero-order chi connectivity index (χ0) is 18.9. The van der Waals surface area contributed by atoms with Gasteiger partial charge in [-0.2, -0.15) is 10.6 Å². The van der Waals surface area contributed by atoms with Gasteiger partial charge in [0.15, 0.2) is 5.30 Å². The third-order valence-electron chi connectivity index (χ3n) is 5.42. The van der Waals surface area contributed by atoms with Crippen LogP contribution in [0.4, 0.5) is 0 Å². The van der Waals surface area contributed by atoms with E-state index in [-0.39, 0.29) is 0 Å². The van der Waals surface area contributed by atoms with Gasteiger partial charge in [0, 0.05) is 0 Å². The SMILES string of the molecule is Cc1nn(-c2ccccc2)c(C)c1[P+](N)(N1CCOCC1)N1CCOCC1. The molecule has 1 aromatic heterocycles. The average molecular weight is 390 g/mol. The van der Waals surface area contributed by atoms with Crippen molar-refractivity contribution in [3.63, 3.8) is 0 Å². The summed E-state index contributed by atoms with van der Waals surface area (Å²) in [4.78, 5) is 0. The van der Waals surface area contributed by atoms with E-state index in [9.17, 15) is 0 Å². The number of hydrogen-bond acceptors (Lipinski definition) is 6. The summed E-state index contributed by atoms with van der Waals surface area (Å²) in [7, 11) is -2.22. The van der Waals surface area contributed by atoms with Crippen molar-refractivity contribution in [2.24, 2.45) is 5.50 Å². The molecule has 0 unspecified atom stereocenters. The molecule has 4 rings (SSSR count). The molecule has 0 saturated carbocycles. The van der Waals surface area contributed by atoms with Gasteiger partial charge >= 0.3 is 0 Å². The van der Waals surface area contributed by atoms with Gasteiger partial charge < -0.3 is 9.47 Å². The van der Waals surface area contributed by atoms with Gasteiger partial charge in [0.1, 0.15) is 5.69 Å². The van der Waals surface area contributed by atoms with Crippen molar-refractivity contribution in [2.75, 3.05) is 52.6 Å². The predicted octanol–water partition coefficient (Wildman–Crippen LogP) is 1.50. The number of para-hydroxylation sites is 1. The number of nitrogens with two attached hydrogens (primary N) is 1. The smallest absolute Gasteiger partial charge is 0.261 e. The van der Waals surface area contributed by atoms with Crippen molar-refractivity contribution >= 4 is 13.0 Å². The van der Waals surface area contributed by atoms with Crippen LogP contribution in [0.15, 0.2) is 30.3 Å². The van der Waals surface area contributed by atoms with Gasteiger partial charge in [-0.1, -0.05) is 18.2 Å². The topological polar surface area (TPSA) is 68.8 Å². The van der Waals surface area contributed by atoms with E-state index in [1.807, 2.05) is 22.9 Å². The summed E-state index contributed by atoms with van der Waals surface area (Å²) >= 11 is 0. The predicted molar refractivity (Wildman–Crippen MR) is 109 cm³/mol. The first-order chi connectivity index (χ1) is 13.1. The van der Waals surface area contributed by atoms with Crippen LogP contribution in [0.3, 0.4) is 0 Å². The molecule has 0 amide bonds. The highest BCUT2D eigenvalue weighted by atomic mass is 31.2.